The van der Waals surface area contributed by atoms with Gasteiger partial charge in [-0.1, -0.05) is 0 Å². The summed E-state index contributed by atoms with van der Waals surface area (Å²) in [4.78, 5) is 9.03. The number of pyridine rings is 1. The van der Waals surface area contributed by atoms with Crippen LogP contribution in [-0.4, -0.2) is 46.0 Å². The summed E-state index contributed by atoms with van der Waals surface area (Å²) in [6.45, 7) is 5.07. The number of aromatic hydroxyl groups is 1. The highest BCUT2D eigenvalue weighted by atomic mass is 16.3. The largest absolute Gasteiger partial charge is 0.507 e. The van der Waals surface area contributed by atoms with Gasteiger partial charge in [-0.15, -0.1) is 10.2 Å². The van der Waals surface area contributed by atoms with E-state index in [9.17, 15) is 5.11 Å². The maximum Gasteiger partial charge on any atom is 0.155 e. The van der Waals surface area contributed by atoms with E-state index < -0.39 is 0 Å². The van der Waals surface area contributed by atoms with Crippen LogP contribution in [0.25, 0.3) is 11.3 Å². The van der Waals surface area contributed by atoms with Gasteiger partial charge in [0.15, 0.2) is 5.82 Å². The van der Waals surface area contributed by atoms with Crippen molar-refractivity contribution in [3.8, 4) is 23.1 Å². The van der Waals surface area contributed by atoms with E-state index in [2.05, 4.69) is 50.1 Å². The van der Waals surface area contributed by atoms with Crippen molar-refractivity contribution < 1.29 is 5.11 Å². The third-order valence-electron chi connectivity index (χ3n) is 6.67. The van der Waals surface area contributed by atoms with Crippen molar-refractivity contribution in [2.24, 2.45) is 0 Å². The van der Waals surface area contributed by atoms with Crippen LogP contribution in [0.15, 0.2) is 42.7 Å². The number of piperidine rings is 1. The second-order valence-electron chi connectivity index (χ2n) is 8.56. The minimum atomic E-state index is 0.0642. The van der Waals surface area contributed by atoms with Crippen LogP contribution >= 0.6 is 0 Å². The Balaban J connectivity index is 1.46. The van der Waals surface area contributed by atoms with Gasteiger partial charge in [-0.3, -0.25) is 4.98 Å². The van der Waals surface area contributed by atoms with Crippen molar-refractivity contribution in [3.63, 3.8) is 0 Å². The van der Waals surface area contributed by atoms with Crippen LogP contribution in [0.1, 0.15) is 36.0 Å². The lowest BCUT2D eigenvalue weighted by Gasteiger charge is -2.43. The van der Waals surface area contributed by atoms with Gasteiger partial charge in [-0.2, -0.15) is 5.26 Å². The monoisotopic (exact) mass is 426 g/mol. The SMILES string of the molecule is Cc1c(-c2ccc(C#N)cc2O)nnc2c1CCCN2[C@@H]1CCCN(c2ccncc2)C1. The first kappa shape index (κ1) is 20.3. The van der Waals surface area contributed by atoms with Crippen LogP contribution in [0.2, 0.25) is 0 Å². The molecule has 2 aliphatic heterocycles. The van der Waals surface area contributed by atoms with E-state index in [4.69, 9.17) is 5.26 Å². The molecule has 0 unspecified atom stereocenters. The van der Waals surface area contributed by atoms with Gasteiger partial charge in [0.05, 0.1) is 17.3 Å². The maximum atomic E-state index is 10.5. The third kappa shape index (κ3) is 3.62. The van der Waals surface area contributed by atoms with E-state index in [1.54, 1.807) is 12.1 Å². The van der Waals surface area contributed by atoms with Crippen LogP contribution < -0.4 is 9.80 Å². The molecular formula is C25H26N6O. The van der Waals surface area contributed by atoms with Gasteiger partial charge < -0.3 is 14.9 Å². The van der Waals surface area contributed by atoms with Gasteiger partial charge in [-0.05, 0) is 68.5 Å². The molecule has 1 saturated heterocycles. The zero-order valence-corrected chi connectivity index (χ0v) is 18.2. The molecule has 0 aliphatic carbocycles. The first-order valence-corrected chi connectivity index (χ1v) is 11.2. The summed E-state index contributed by atoms with van der Waals surface area (Å²) in [6.07, 6.45) is 8.01. The van der Waals surface area contributed by atoms with Gasteiger partial charge in [0.2, 0.25) is 0 Å². The highest BCUT2D eigenvalue weighted by Gasteiger charge is 2.31. The first-order valence-electron chi connectivity index (χ1n) is 11.2. The summed E-state index contributed by atoms with van der Waals surface area (Å²) < 4.78 is 0. The molecule has 1 atom stereocenters. The average Bonchev–Trinajstić information content (AvgIpc) is 2.85. The number of hydrogen-bond acceptors (Lipinski definition) is 7. The van der Waals surface area contributed by atoms with E-state index >= 15 is 0 Å². The molecular weight excluding hydrogens is 400 g/mol. The number of anilines is 2. The fourth-order valence-electron chi connectivity index (χ4n) is 5.02. The number of nitrogens with zero attached hydrogens (tertiary/aromatic N) is 6. The molecule has 0 radical (unpaired) electrons. The molecule has 7 heteroatoms. The summed E-state index contributed by atoms with van der Waals surface area (Å²) in [5.41, 5.74) is 5.23. The Kier molecular flexibility index (Phi) is 5.36. The predicted molar refractivity (Wildman–Crippen MR) is 124 cm³/mol. The Labute approximate surface area is 188 Å². The Morgan fingerprint density at radius 2 is 1.94 bits per heavy atom. The maximum absolute atomic E-state index is 10.5. The fraction of sp³-hybridized carbons (Fsp3) is 0.360. The quantitative estimate of drug-likeness (QED) is 0.680. The Morgan fingerprint density at radius 1 is 1.09 bits per heavy atom. The normalized spacial score (nSPS) is 18.2. The van der Waals surface area contributed by atoms with Crippen molar-refractivity contribution in [2.75, 3.05) is 29.4 Å². The van der Waals surface area contributed by atoms with E-state index in [1.165, 1.54) is 17.3 Å². The lowest BCUT2D eigenvalue weighted by molar-refractivity contribution is 0.455. The second kappa shape index (κ2) is 8.46. The van der Waals surface area contributed by atoms with Gasteiger partial charge >= 0.3 is 0 Å². The van der Waals surface area contributed by atoms with Crippen molar-refractivity contribution in [1.29, 1.82) is 5.26 Å². The van der Waals surface area contributed by atoms with Crippen LogP contribution in [0, 0.1) is 18.3 Å². The minimum absolute atomic E-state index is 0.0642. The zero-order valence-electron chi connectivity index (χ0n) is 18.2. The number of fused-ring (bicyclic) bond motifs is 1. The number of benzene rings is 1. The number of rotatable bonds is 3. The standard InChI is InChI=1S/C25H26N6O/c1-17-21-5-3-13-31(20-4-2-12-30(16-20)19-8-10-27-11-9-19)25(21)29-28-24(17)22-7-6-18(15-26)14-23(22)32/h6-11,14,20,32H,2-5,12-13,16H2,1H3/t20-/m1/s1. The number of aromatic nitrogens is 3. The molecule has 1 fully saturated rings. The molecule has 0 spiro atoms. The lowest BCUT2D eigenvalue weighted by atomic mass is 9.94. The van der Waals surface area contributed by atoms with Gasteiger partial charge in [0.1, 0.15) is 5.75 Å². The fourth-order valence-corrected chi connectivity index (χ4v) is 5.02. The number of phenolic OH excluding ortho intramolecular Hbond substituents is 1. The Hall–Kier alpha value is -3.66. The smallest absolute Gasteiger partial charge is 0.155 e. The second-order valence-corrected chi connectivity index (χ2v) is 8.56. The molecule has 0 amide bonds. The van der Waals surface area contributed by atoms with Crippen LogP contribution in [0.5, 0.6) is 5.75 Å². The van der Waals surface area contributed by atoms with Gasteiger partial charge in [-0.25, -0.2) is 0 Å². The van der Waals surface area contributed by atoms with E-state index in [0.29, 0.717) is 22.9 Å². The predicted octanol–water partition coefficient (Wildman–Crippen LogP) is 3.85. The Morgan fingerprint density at radius 3 is 2.72 bits per heavy atom. The molecule has 1 aromatic carbocycles. The Bertz CT molecular complexity index is 1170. The van der Waals surface area contributed by atoms with Crippen LogP contribution in [-0.2, 0) is 6.42 Å². The molecule has 5 rings (SSSR count). The minimum Gasteiger partial charge on any atom is -0.507 e. The first-order chi connectivity index (χ1) is 15.7. The van der Waals surface area contributed by atoms with Crippen LogP contribution in [0.3, 0.4) is 0 Å². The molecule has 1 N–H and O–H groups in total. The van der Waals surface area contributed by atoms with Crippen molar-refractivity contribution in [3.05, 3.63) is 59.4 Å². The van der Waals surface area contributed by atoms with E-state index in [1.807, 2.05) is 12.4 Å². The highest BCUT2D eigenvalue weighted by molar-refractivity contribution is 5.73. The molecule has 4 heterocycles. The highest BCUT2D eigenvalue weighted by Crippen LogP contribution is 2.37. The van der Waals surface area contributed by atoms with Crippen molar-refractivity contribution >= 4 is 11.5 Å². The number of hydrogen-bond donors (Lipinski definition) is 1. The molecule has 7 nitrogen and oxygen atoms in total. The van der Waals surface area contributed by atoms with Gasteiger partial charge in [0.25, 0.3) is 0 Å². The number of nitriles is 1. The van der Waals surface area contributed by atoms with E-state index in [-0.39, 0.29) is 5.75 Å². The van der Waals surface area contributed by atoms with Crippen LogP contribution in [0.4, 0.5) is 11.5 Å². The topological polar surface area (TPSA) is 89.2 Å². The van der Waals surface area contributed by atoms with Crippen molar-refractivity contribution in [2.45, 2.75) is 38.6 Å². The lowest BCUT2D eigenvalue weighted by Crippen LogP contribution is -2.50. The molecule has 2 aromatic heterocycles. The van der Waals surface area contributed by atoms with Crippen molar-refractivity contribution in [1.82, 2.24) is 15.2 Å². The summed E-state index contributed by atoms with van der Waals surface area (Å²) in [5.74, 6) is 1.04. The summed E-state index contributed by atoms with van der Waals surface area (Å²) in [7, 11) is 0. The molecule has 32 heavy (non-hydrogen) atoms. The summed E-state index contributed by atoms with van der Waals surface area (Å²) >= 11 is 0. The zero-order chi connectivity index (χ0) is 22.1. The summed E-state index contributed by atoms with van der Waals surface area (Å²) in [6, 6.07) is 11.5. The summed E-state index contributed by atoms with van der Waals surface area (Å²) in [5, 5.41) is 28.7. The van der Waals surface area contributed by atoms with E-state index in [0.717, 1.165) is 56.7 Å². The molecule has 2 aliphatic rings. The average molecular weight is 427 g/mol. The molecule has 0 bridgehead atoms. The molecule has 3 aromatic rings. The van der Waals surface area contributed by atoms with Gasteiger partial charge in [0, 0.05) is 54.9 Å². The molecule has 162 valence electrons. The number of phenols is 1. The third-order valence-corrected chi connectivity index (χ3v) is 6.67. The molecule has 0 saturated carbocycles.